The van der Waals surface area contributed by atoms with Gasteiger partial charge in [0.1, 0.15) is 0 Å². The Morgan fingerprint density at radius 1 is 1.38 bits per heavy atom. The molecule has 3 heteroatoms. The summed E-state index contributed by atoms with van der Waals surface area (Å²) in [5.74, 6) is 0. The van der Waals surface area contributed by atoms with E-state index in [1.807, 2.05) is 18.5 Å². The van der Waals surface area contributed by atoms with Gasteiger partial charge < -0.3 is 9.67 Å². The van der Waals surface area contributed by atoms with Crippen LogP contribution < -0.4 is 0 Å². The van der Waals surface area contributed by atoms with Crippen LogP contribution in [0.5, 0.6) is 0 Å². The van der Waals surface area contributed by atoms with Crippen LogP contribution in [0, 0.1) is 0 Å². The Labute approximate surface area is 94.7 Å². The number of benzene rings is 1. The molecule has 1 aliphatic rings. The van der Waals surface area contributed by atoms with E-state index in [0.29, 0.717) is 6.04 Å². The van der Waals surface area contributed by atoms with Crippen LogP contribution in [-0.4, -0.2) is 14.7 Å². The zero-order valence-corrected chi connectivity index (χ0v) is 9.64. The van der Waals surface area contributed by atoms with Gasteiger partial charge in [-0.1, -0.05) is 6.07 Å². The van der Waals surface area contributed by atoms with Crippen molar-refractivity contribution in [2.45, 2.75) is 38.3 Å². The first-order valence-corrected chi connectivity index (χ1v) is 5.75. The van der Waals surface area contributed by atoms with Crippen molar-refractivity contribution in [3.8, 4) is 0 Å². The predicted molar refractivity (Wildman–Crippen MR) is 63.2 cm³/mol. The van der Waals surface area contributed by atoms with E-state index < -0.39 is 5.60 Å². The molecule has 0 saturated heterocycles. The molecular weight excluding hydrogens is 200 g/mol. The summed E-state index contributed by atoms with van der Waals surface area (Å²) in [6.45, 7) is 3.60. The van der Waals surface area contributed by atoms with E-state index in [9.17, 15) is 5.11 Å². The summed E-state index contributed by atoms with van der Waals surface area (Å²) >= 11 is 0. The van der Waals surface area contributed by atoms with Crippen molar-refractivity contribution in [3.05, 3.63) is 30.1 Å². The molecule has 1 N–H and O–H groups in total. The molecule has 84 valence electrons. The summed E-state index contributed by atoms with van der Waals surface area (Å²) in [4.78, 5) is 4.41. The predicted octanol–water partition coefficient (Wildman–Crippen LogP) is 2.60. The highest BCUT2D eigenvalue weighted by molar-refractivity contribution is 5.76. The molecule has 0 aliphatic heterocycles. The zero-order chi connectivity index (χ0) is 11.3. The molecule has 1 saturated carbocycles. The van der Waals surface area contributed by atoms with Crippen molar-refractivity contribution < 1.29 is 5.11 Å². The van der Waals surface area contributed by atoms with E-state index in [2.05, 4.69) is 15.6 Å². The Balaban J connectivity index is 2.13. The van der Waals surface area contributed by atoms with Crippen molar-refractivity contribution in [3.63, 3.8) is 0 Å². The molecule has 1 heterocycles. The Morgan fingerprint density at radius 2 is 2.12 bits per heavy atom. The van der Waals surface area contributed by atoms with Crippen molar-refractivity contribution >= 4 is 11.0 Å². The lowest BCUT2D eigenvalue weighted by Gasteiger charge is -2.17. The van der Waals surface area contributed by atoms with E-state index in [1.165, 1.54) is 18.4 Å². The fourth-order valence-corrected chi connectivity index (χ4v) is 2.06. The van der Waals surface area contributed by atoms with Crippen LogP contribution in [0.1, 0.15) is 38.3 Å². The van der Waals surface area contributed by atoms with Crippen molar-refractivity contribution in [1.82, 2.24) is 9.55 Å². The smallest absolute Gasteiger partial charge is 0.0960 e. The Morgan fingerprint density at radius 3 is 2.75 bits per heavy atom. The second-order valence-electron chi connectivity index (χ2n) is 5.15. The van der Waals surface area contributed by atoms with Crippen LogP contribution >= 0.6 is 0 Å². The number of rotatable bonds is 2. The highest BCUT2D eigenvalue weighted by Crippen LogP contribution is 2.37. The summed E-state index contributed by atoms with van der Waals surface area (Å²) in [7, 11) is 0. The summed E-state index contributed by atoms with van der Waals surface area (Å²) in [6.07, 6.45) is 4.44. The Kier molecular flexibility index (Phi) is 1.89. The maximum atomic E-state index is 9.94. The van der Waals surface area contributed by atoms with Gasteiger partial charge in [0.2, 0.25) is 0 Å². The van der Waals surface area contributed by atoms with Crippen LogP contribution in [0.2, 0.25) is 0 Å². The molecule has 1 aromatic heterocycles. The fourth-order valence-electron chi connectivity index (χ4n) is 2.06. The molecule has 0 atom stereocenters. The third kappa shape index (κ3) is 1.52. The topological polar surface area (TPSA) is 38.1 Å². The summed E-state index contributed by atoms with van der Waals surface area (Å²) in [5.41, 5.74) is 2.28. The minimum Gasteiger partial charge on any atom is -0.386 e. The minimum atomic E-state index is -0.794. The minimum absolute atomic E-state index is 0.651. The number of hydrogen-bond donors (Lipinski definition) is 1. The first-order chi connectivity index (χ1) is 7.55. The first kappa shape index (κ1) is 9.85. The lowest BCUT2D eigenvalue weighted by molar-refractivity contribution is 0.0787. The van der Waals surface area contributed by atoms with Crippen molar-refractivity contribution in [2.75, 3.05) is 0 Å². The zero-order valence-electron chi connectivity index (χ0n) is 9.64. The molecule has 0 bridgehead atoms. The number of aliphatic hydroxyl groups is 1. The summed E-state index contributed by atoms with van der Waals surface area (Å²) in [6, 6.07) is 6.68. The molecule has 0 amide bonds. The number of nitrogens with zero attached hydrogens (tertiary/aromatic N) is 2. The third-order valence-corrected chi connectivity index (χ3v) is 3.22. The van der Waals surface area contributed by atoms with Crippen LogP contribution in [0.4, 0.5) is 0 Å². The molecule has 0 unspecified atom stereocenters. The number of imidazole rings is 1. The van der Waals surface area contributed by atoms with Crippen LogP contribution in [0.15, 0.2) is 24.5 Å². The van der Waals surface area contributed by atoms with Gasteiger partial charge in [-0.25, -0.2) is 4.98 Å². The van der Waals surface area contributed by atoms with E-state index in [1.54, 1.807) is 13.8 Å². The van der Waals surface area contributed by atoms with E-state index in [-0.39, 0.29) is 0 Å². The standard InChI is InChI=1S/C13H16N2O/c1-13(2,16)9-3-6-12-11(7-9)14-8-15(12)10-4-5-10/h3,6-8,10,16H,4-5H2,1-2H3. The van der Waals surface area contributed by atoms with Crippen LogP contribution in [0.3, 0.4) is 0 Å². The first-order valence-electron chi connectivity index (χ1n) is 5.75. The maximum Gasteiger partial charge on any atom is 0.0960 e. The molecule has 1 aliphatic carbocycles. The van der Waals surface area contributed by atoms with E-state index in [4.69, 9.17) is 0 Å². The van der Waals surface area contributed by atoms with Gasteiger partial charge in [0.15, 0.2) is 0 Å². The third-order valence-electron chi connectivity index (χ3n) is 3.22. The van der Waals surface area contributed by atoms with Crippen LogP contribution in [-0.2, 0) is 5.60 Å². The van der Waals surface area contributed by atoms with Gasteiger partial charge in [0.05, 0.1) is 23.0 Å². The van der Waals surface area contributed by atoms with Crippen molar-refractivity contribution in [2.24, 2.45) is 0 Å². The molecule has 16 heavy (non-hydrogen) atoms. The lowest BCUT2D eigenvalue weighted by atomic mass is 9.98. The van der Waals surface area contributed by atoms with Gasteiger partial charge in [0.25, 0.3) is 0 Å². The molecule has 1 fully saturated rings. The molecule has 3 rings (SSSR count). The molecule has 3 nitrogen and oxygen atoms in total. The average Bonchev–Trinajstić information content (AvgIpc) is 2.96. The van der Waals surface area contributed by atoms with Gasteiger partial charge in [-0.2, -0.15) is 0 Å². The summed E-state index contributed by atoms with van der Waals surface area (Å²) < 4.78 is 2.24. The molecule has 1 aromatic carbocycles. The van der Waals surface area contributed by atoms with Crippen molar-refractivity contribution in [1.29, 1.82) is 0 Å². The monoisotopic (exact) mass is 216 g/mol. The van der Waals surface area contributed by atoms with Gasteiger partial charge in [-0.3, -0.25) is 0 Å². The summed E-state index contributed by atoms with van der Waals surface area (Å²) in [5, 5.41) is 9.94. The molecule has 0 radical (unpaired) electrons. The fraction of sp³-hybridized carbons (Fsp3) is 0.462. The second-order valence-corrected chi connectivity index (χ2v) is 5.15. The second kappa shape index (κ2) is 3.08. The highest BCUT2D eigenvalue weighted by Gasteiger charge is 2.25. The number of fused-ring (bicyclic) bond motifs is 1. The van der Waals surface area contributed by atoms with Gasteiger partial charge in [-0.05, 0) is 44.4 Å². The molecule has 0 spiro atoms. The SMILES string of the molecule is CC(C)(O)c1ccc2c(c1)ncn2C1CC1. The van der Waals surface area contributed by atoms with Gasteiger partial charge in [-0.15, -0.1) is 0 Å². The average molecular weight is 216 g/mol. The highest BCUT2D eigenvalue weighted by atomic mass is 16.3. The number of hydrogen-bond acceptors (Lipinski definition) is 2. The van der Waals surface area contributed by atoms with Gasteiger partial charge in [0, 0.05) is 6.04 Å². The van der Waals surface area contributed by atoms with Crippen LogP contribution in [0.25, 0.3) is 11.0 Å². The molecular formula is C13H16N2O. The number of aromatic nitrogens is 2. The normalized spacial score (nSPS) is 16.9. The lowest BCUT2D eigenvalue weighted by Crippen LogP contribution is -2.15. The largest absolute Gasteiger partial charge is 0.386 e. The Bertz CT molecular complexity index is 532. The van der Waals surface area contributed by atoms with E-state index >= 15 is 0 Å². The maximum absolute atomic E-state index is 9.94. The Hall–Kier alpha value is -1.35. The quantitative estimate of drug-likeness (QED) is 0.838. The van der Waals surface area contributed by atoms with E-state index in [0.717, 1.165) is 11.1 Å². The molecule has 2 aromatic rings. The van der Waals surface area contributed by atoms with Gasteiger partial charge >= 0.3 is 0 Å².